The van der Waals surface area contributed by atoms with E-state index in [1.54, 1.807) is 6.08 Å². The fourth-order valence-corrected chi connectivity index (χ4v) is 4.31. The molecule has 180 valence electrons. The highest BCUT2D eigenvalue weighted by molar-refractivity contribution is 5.85. The van der Waals surface area contributed by atoms with E-state index in [0.717, 1.165) is 41.8 Å². The van der Waals surface area contributed by atoms with Gasteiger partial charge in [-0.25, -0.2) is 14.8 Å². The number of aromatic nitrogens is 2. The summed E-state index contributed by atoms with van der Waals surface area (Å²) in [4.78, 5) is 20.2. The standard InChI is InChI=1S/C29H42N2O2/c1-4-6-7-8-9-10-11-12-13-15-24-21-30-29(31-22-24)26-17-16-25(18-19-28(32)33)27(20-26)23(3)14-5-2/h16-23H,4-15H2,1-3H3,(H,32,33)/b19-18+. The molecule has 0 bridgehead atoms. The summed E-state index contributed by atoms with van der Waals surface area (Å²) in [7, 11) is 0. The number of aryl methyl sites for hydroxylation is 1. The minimum Gasteiger partial charge on any atom is -0.478 e. The summed E-state index contributed by atoms with van der Waals surface area (Å²) in [6.07, 6.45) is 22.0. The third-order valence-corrected chi connectivity index (χ3v) is 6.28. The summed E-state index contributed by atoms with van der Waals surface area (Å²) in [6, 6.07) is 6.09. The Bertz CT molecular complexity index is 858. The van der Waals surface area contributed by atoms with E-state index in [2.05, 4.69) is 36.8 Å². The molecule has 4 nitrogen and oxygen atoms in total. The van der Waals surface area contributed by atoms with E-state index in [0.29, 0.717) is 5.92 Å². The van der Waals surface area contributed by atoms with Crippen LogP contribution in [-0.2, 0) is 11.2 Å². The maximum atomic E-state index is 11.0. The Morgan fingerprint density at radius 1 is 0.939 bits per heavy atom. The third kappa shape index (κ3) is 9.89. The Hall–Kier alpha value is -2.49. The van der Waals surface area contributed by atoms with Crippen LogP contribution in [0.2, 0.25) is 0 Å². The molecule has 1 aromatic carbocycles. The molecule has 0 radical (unpaired) electrons. The minimum absolute atomic E-state index is 0.342. The number of carboxylic acids is 1. The van der Waals surface area contributed by atoms with Gasteiger partial charge in [0.25, 0.3) is 0 Å². The van der Waals surface area contributed by atoms with Gasteiger partial charge >= 0.3 is 5.97 Å². The molecule has 0 fully saturated rings. The van der Waals surface area contributed by atoms with E-state index in [1.165, 1.54) is 69.4 Å². The zero-order chi connectivity index (χ0) is 23.9. The number of rotatable bonds is 16. The van der Waals surface area contributed by atoms with Crippen LogP contribution >= 0.6 is 0 Å². The van der Waals surface area contributed by atoms with Gasteiger partial charge in [0, 0.05) is 24.0 Å². The molecular weight excluding hydrogens is 408 g/mol. The molecule has 0 aliphatic heterocycles. The molecule has 0 aliphatic rings. The van der Waals surface area contributed by atoms with Crippen LogP contribution in [0, 0.1) is 0 Å². The predicted octanol–water partition coefficient (Wildman–Crippen LogP) is 8.22. The monoisotopic (exact) mass is 450 g/mol. The largest absolute Gasteiger partial charge is 0.478 e. The number of nitrogens with zero attached hydrogens (tertiary/aromatic N) is 2. The topological polar surface area (TPSA) is 63.1 Å². The van der Waals surface area contributed by atoms with Gasteiger partial charge in [-0.05, 0) is 54.0 Å². The van der Waals surface area contributed by atoms with E-state index in [1.807, 2.05) is 24.5 Å². The second-order valence-electron chi connectivity index (χ2n) is 9.20. The van der Waals surface area contributed by atoms with Crippen molar-refractivity contribution < 1.29 is 9.90 Å². The summed E-state index contributed by atoms with van der Waals surface area (Å²) < 4.78 is 0. The second kappa shape index (κ2) is 15.4. The summed E-state index contributed by atoms with van der Waals surface area (Å²) in [5.74, 6) is 0.137. The maximum absolute atomic E-state index is 11.0. The highest BCUT2D eigenvalue weighted by atomic mass is 16.4. The molecule has 0 spiro atoms. The van der Waals surface area contributed by atoms with Crippen molar-refractivity contribution in [2.75, 3.05) is 0 Å². The Kier molecular flexibility index (Phi) is 12.5. The van der Waals surface area contributed by atoms with Crippen LogP contribution in [0.1, 0.15) is 114 Å². The lowest BCUT2D eigenvalue weighted by Gasteiger charge is -2.15. The normalized spacial score (nSPS) is 12.3. The van der Waals surface area contributed by atoms with Crippen molar-refractivity contribution in [3.8, 4) is 11.4 Å². The highest BCUT2D eigenvalue weighted by Crippen LogP contribution is 2.29. The van der Waals surface area contributed by atoms with Gasteiger partial charge in [0.05, 0.1) is 0 Å². The summed E-state index contributed by atoms with van der Waals surface area (Å²) >= 11 is 0. The zero-order valence-electron chi connectivity index (χ0n) is 20.9. The Morgan fingerprint density at radius 2 is 1.58 bits per heavy atom. The first-order valence-corrected chi connectivity index (χ1v) is 12.9. The third-order valence-electron chi connectivity index (χ3n) is 6.28. The Morgan fingerprint density at radius 3 is 2.18 bits per heavy atom. The van der Waals surface area contributed by atoms with Gasteiger partial charge in [0.2, 0.25) is 0 Å². The fraction of sp³-hybridized carbons (Fsp3) is 0.552. The number of hydrogen-bond donors (Lipinski definition) is 1. The molecule has 1 unspecified atom stereocenters. The van der Waals surface area contributed by atoms with Crippen molar-refractivity contribution >= 4 is 12.0 Å². The fourth-order valence-electron chi connectivity index (χ4n) is 4.31. The Balaban J connectivity index is 1.93. The maximum Gasteiger partial charge on any atom is 0.328 e. The van der Waals surface area contributed by atoms with Crippen molar-refractivity contribution in [2.24, 2.45) is 0 Å². The minimum atomic E-state index is -0.931. The van der Waals surface area contributed by atoms with Gasteiger partial charge < -0.3 is 5.11 Å². The van der Waals surface area contributed by atoms with E-state index in [9.17, 15) is 4.79 Å². The molecule has 1 heterocycles. The number of hydrogen-bond acceptors (Lipinski definition) is 3. The van der Waals surface area contributed by atoms with Crippen molar-refractivity contribution in [3.63, 3.8) is 0 Å². The van der Waals surface area contributed by atoms with E-state index in [-0.39, 0.29) is 0 Å². The average molecular weight is 451 g/mol. The van der Waals surface area contributed by atoms with Crippen molar-refractivity contribution in [2.45, 2.75) is 104 Å². The lowest BCUT2D eigenvalue weighted by Crippen LogP contribution is -1.99. The number of unbranched alkanes of at least 4 members (excludes halogenated alkanes) is 8. The molecule has 2 rings (SSSR count). The first kappa shape index (κ1) is 26.8. The van der Waals surface area contributed by atoms with Crippen LogP contribution in [0.5, 0.6) is 0 Å². The van der Waals surface area contributed by atoms with Crippen molar-refractivity contribution in [3.05, 3.63) is 53.4 Å². The lowest BCUT2D eigenvalue weighted by molar-refractivity contribution is -0.131. The van der Waals surface area contributed by atoms with Gasteiger partial charge in [-0.1, -0.05) is 90.7 Å². The second-order valence-corrected chi connectivity index (χ2v) is 9.20. The van der Waals surface area contributed by atoms with Gasteiger partial charge in [-0.2, -0.15) is 0 Å². The first-order valence-electron chi connectivity index (χ1n) is 12.9. The highest BCUT2D eigenvalue weighted by Gasteiger charge is 2.12. The van der Waals surface area contributed by atoms with Crippen LogP contribution in [0.4, 0.5) is 0 Å². The SMILES string of the molecule is CCCCCCCCCCCc1cnc(-c2ccc(/C=C/C(=O)O)c(C(C)CCC)c2)nc1. The Labute approximate surface area is 200 Å². The first-order chi connectivity index (χ1) is 16.0. The van der Waals surface area contributed by atoms with Crippen LogP contribution in [0.25, 0.3) is 17.5 Å². The van der Waals surface area contributed by atoms with Crippen molar-refractivity contribution in [1.29, 1.82) is 0 Å². The summed E-state index contributed by atoms with van der Waals surface area (Å²) in [5.41, 5.74) is 4.27. The summed E-state index contributed by atoms with van der Waals surface area (Å²) in [6.45, 7) is 6.62. The van der Waals surface area contributed by atoms with Crippen molar-refractivity contribution in [1.82, 2.24) is 9.97 Å². The van der Waals surface area contributed by atoms with Crippen LogP contribution in [-0.4, -0.2) is 21.0 Å². The molecule has 33 heavy (non-hydrogen) atoms. The number of carboxylic acid groups (broad SMARTS) is 1. The molecule has 0 amide bonds. The molecule has 1 aromatic heterocycles. The van der Waals surface area contributed by atoms with Gasteiger partial charge in [0.1, 0.15) is 0 Å². The molecule has 2 aromatic rings. The average Bonchev–Trinajstić information content (AvgIpc) is 2.82. The van der Waals surface area contributed by atoms with Gasteiger partial charge in [-0.3, -0.25) is 0 Å². The molecular formula is C29H42N2O2. The number of carbonyl (C=O) groups is 1. The number of benzene rings is 1. The molecule has 0 saturated heterocycles. The molecule has 1 N–H and O–H groups in total. The molecule has 0 saturated carbocycles. The quantitative estimate of drug-likeness (QED) is 0.207. The van der Waals surface area contributed by atoms with E-state index >= 15 is 0 Å². The van der Waals surface area contributed by atoms with E-state index < -0.39 is 5.97 Å². The smallest absolute Gasteiger partial charge is 0.328 e. The zero-order valence-corrected chi connectivity index (χ0v) is 20.9. The number of aliphatic carboxylic acids is 1. The summed E-state index contributed by atoms with van der Waals surface area (Å²) in [5, 5.41) is 9.00. The molecule has 1 atom stereocenters. The van der Waals surface area contributed by atoms with Crippen LogP contribution in [0.15, 0.2) is 36.7 Å². The van der Waals surface area contributed by atoms with Gasteiger partial charge in [-0.15, -0.1) is 0 Å². The molecule has 0 aliphatic carbocycles. The van der Waals surface area contributed by atoms with Gasteiger partial charge in [0.15, 0.2) is 5.82 Å². The predicted molar refractivity (Wildman–Crippen MR) is 138 cm³/mol. The van der Waals surface area contributed by atoms with Crippen LogP contribution in [0.3, 0.4) is 0 Å². The van der Waals surface area contributed by atoms with Crippen LogP contribution < -0.4 is 0 Å². The lowest BCUT2D eigenvalue weighted by atomic mass is 9.90. The van der Waals surface area contributed by atoms with E-state index in [4.69, 9.17) is 5.11 Å². The molecule has 4 heteroatoms.